The number of esters is 3. The third-order valence-corrected chi connectivity index (χ3v) is 12.3. The van der Waals surface area contributed by atoms with E-state index in [0.717, 1.165) is 103 Å². The fourth-order valence-corrected chi connectivity index (χ4v) is 8.02. The van der Waals surface area contributed by atoms with Crippen molar-refractivity contribution in [1.29, 1.82) is 0 Å². The number of ether oxygens (including phenoxy) is 3. The highest BCUT2D eigenvalue weighted by atomic mass is 16.6. The van der Waals surface area contributed by atoms with Gasteiger partial charge in [-0.25, -0.2) is 0 Å². The fraction of sp³-hybridized carbons (Fsp3) is 0.783. The number of unbranched alkanes of at least 4 members (excludes halogenated alkanes) is 30. The van der Waals surface area contributed by atoms with Gasteiger partial charge in [0.2, 0.25) is 0 Å². The molecule has 0 aromatic carbocycles. The Morgan fingerprint density at radius 3 is 0.955 bits per heavy atom. The van der Waals surface area contributed by atoms with Gasteiger partial charge in [0.15, 0.2) is 6.10 Å². The Kier molecular flexibility index (Phi) is 52.3. The minimum atomic E-state index is -0.783. The lowest BCUT2D eigenvalue weighted by atomic mass is 10.0. The van der Waals surface area contributed by atoms with Crippen molar-refractivity contribution in [2.24, 2.45) is 0 Å². The summed E-state index contributed by atoms with van der Waals surface area (Å²) in [7, 11) is 0. The molecule has 0 amide bonds. The van der Waals surface area contributed by atoms with Gasteiger partial charge >= 0.3 is 17.9 Å². The number of carbonyl (C=O) groups is 3. The monoisotopic (exact) mass is 923 g/mol. The lowest BCUT2D eigenvalue weighted by molar-refractivity contribution is -0.167. The first kappa shape index (κ1) is 63.1. The number of carbonyl (C=O) groups excluding carboxylic acids is 3. The molecule has 1 atom stereocenters. The summed E-state index contributed by atoms with van der Waals surface area (Å²) in [6.07, 6.45) is 67.7. The van der Waals surface area contributed by atoms with E-state index in [1.165, 1.54) is 141 Å². The van der Waals surface area contributed by atoms with Crippen LogP contribution in [0.2, 0.25) is 0 Å². The van der Waals surface area contributed by atoms with Crippen LogP contribution in [0.4, 0.5) is 0 Å². The summed E-state index contributed by atoms with van der Waals surface area (Å²) < 4.78 is 16.8. The molecule has 0 rings (SSSR count). The van der Waals surface area contributed by atoms with Crippen molar-refractivity contribution in [3.8, 4) is 0 Å². The molecule has 0 aromatic heterocycles. The van der Waals surface area contributed by atoms with Crippen LogP contribution in [0.25, 0.3) is 0 Å². The minimum Gasteiger partial charge on any atom is -0.462 e. The van der Waals surface area contributed by atoms with Gasteiger partial charge in [-0.2, -0.15) is 0 Å². The predicted octanol–water partition coefficient (Wildman–Crippen LogP) is 18.8. The van der Waals surface area contributed by atoms with Crippen molar-refractivity contribution in [2.75, 3.05) is 13.2 Å². The first-order valence-corrected chi connectivity index (χ1v) is 28.3. The van der Waals surface area contributed by atoms with E-state index in [2.05, 4.69) is 81.5 Å². The Labute approximate surface area is 409 Å². The van der Waals surface area contributed by atoms with Crippen molar-refractivity contribution in [3.63, 3.8) is 0 Å². The molecule has 0 unspecified atom stereocenters. The van der Waals surface area contributed by atoms with Crippen LogP contribution in [0.3, 0.4) is 0 Å². The van der Waals surface area contributed by atoms with Crippen molar-refractivity contribution >= 4 is 17.9 Å². The Balaban J connectivity index is 4.37. The molecule has 6 heteroatoms. The molecule has 0 N–H and O–H groups in total. The second kappa shape index (κ2) is 54.7. The van der Waals surface area contributed by atoms with Crippen LogP contribution < -0.4 is 0 Å². The summed E-state index contributed by atoms with van der Waals surface area (Å²) in [5.74, 6) is -0.891. The van der Waals surface area contributed by atoms with Gasteiger partial charge in [0.25, 0.3) is 0 Å². The van der Waals surface area contributed by atoms with E-state index in [0.29, 0.717) is 19.3 Å². The highest BCUT2D eigenvalue weighted by Gasteiger charge is 2.19. The van der Waals surface area contributed by atoms with E-state index in [9.17, 15) is 14.4 Å². The van der Waals surface area contributed by atoms with Crippen LogP contribution in [0.5, 0.6) is 0 Å². The van der Waals surface area contributed by atoms with Crippen molar-refractivity contribution in [1.82, 2.24) is 0 Å². The molecule has 0 aromatic rings. The van der Waals surface area contributed by atoms with Crippen molar-refractivity contribution in [3.05, 3.63) is 60.8 Å². The molecule has 0 heterocycles. The second-order valence-electron chi connectivity index (χ2n) is 18.8. The number of hydrogen-bond acceptors (Lipinski definition) is 6. The molecule has 0 saturated carbocycles. The van der Waals surface area contributed by atoms with Gasteiger partial charge in [0, 0.05) is 19.3 Å². The number of allylic oxidation sites excluding steroid dienone is 10. The van der Waals surface area contributed by atoms with E-state index in [1.54, 1.807) is 0 Å². The predicted molar refractivity (Wildman–Crippen MR) is 284 cm³/mol. The zero-order valence-electron chi connectivity index (χ0n) is 43.7. The maximum absolute atomic E-state index is 12.8. The standard InChI is InChI=1S/C60H106O6/c1-4-7-10-13-16-19-22-25-28-29-30-31-33-35-38-41-44-47-50-53-59(62)65-56-57(55-64-58(61)52-49-46-43-40-37-34-27-24-21-18-15-12-9-6-3)66-60(63)54-51-48-45-42-39-36-32-26-23-20-17-14-11-8-5-2/h8,11,16-17,19-20,25-26,28,32,57H,4-7,9-10,12-15,18,21-24,27,29-31,33-56H2,1-3H3/b11-8-,19-16-,20-17-,28-25-,32-26-/t57-/m1/s1. The highest BCUT2D eigenvalue weighted by molar-refractivity contribution is 5.71. The Hall–Kier alpha value is -2.89. The molecule has 6 nitrogen and oxygen atoms in total. The molecule has 0 aliphatic carbocycles. The molecule has 0 aliphatic heterocycles. The van der Waals surface area contributed by atoms with Gasteiger partial charge in [-0.05, 0) is 83.5 Å². The average molecular weight is 924 g/mol. The first-order chi connectivity index (χ1) is 32.5. The molecular formula is C60H106O6. The lowest BCUT2D eigenvalue weighted by Crippen LogP contribution is -2.30. The summed E-state index contributed by atoms with van der Waals surface area (Å²) in [6, 6.07) is 0. The molecule has 382 valence electrons. The topological polar surface area (TPSA) is 78.9 Å². The number of hydrogen-bond donors (Lipinski definition) is 0. The van der Waals surface area contributed by atoms with Crippen LogP contribution in [0, 0.1) is 0 Å². The van der Waals surface area contributed by atoms with Gasteiger partial charge in [-0.3, -0.25) is 14.4 Å². The van der Waals surface area contributed by atoms with Crippen LogP contribution in [0.15, 0.2) is 60.8 Å². The summed E-state index contributed by atoms with van der Waals surface area (Å²) in [6.45, 7) is 6.51. The number of rotatable bonds is 51. The molecule has 0 fully saturated rings. The summed E-state index contributed by atoms with van der Waals surface area (Å²) in [5.41, 5.74) is 0. The molecular weight excluding hydrogens is 817 g/mol. The quantitative estimate of drug-likeness (QED) is 0.0262. The second-order valence-corrected chi connectivity index (χ2v) is 18.8. The molecule has 0 bridgehead atoms. The van der Waals surface area contributed by atoms with Crippen LogP contribution in [-0.2, 0) is 28.6 Å². The highest BCUT2D eigenvalue weighted by Crippen LogP contribution is 2.16. The van der Waals surface area contributed by atoms with Crippen LogP contribution in [0.1, 0.15) is 284 Å². The van der Waals surface area contributed by atoms with E-state index in [-0.39, 0.29) is 31.1 Å². The maximum Gasteiger partial charge on any atom is 0.306 e. The van der Waals surface area contributed by atoms with E-state index in [4.69, 9.17) is 14.2 Å². The average Bonchev–Trinajstić information content (AvgIpc) is 3.31. The maximum atomic E-state index is 12.8. The fourth-order valence-electron chi connectivity index (χ4n) is 8.02. The Morgan fingerprint density at radius 1 is 0.318 bits per heavy atom. The van der Waals surface area contributed by atoms with Gasteiger partial charge in [-0.15, -0.1) is 0 Å². The molecule has 0 aliphatic rings. The third-order valence-electron chi connectivity index (χ3n) is 12.3. The molecule has 66 heavy (non-hydrogen) atoms. The van der Waals surface area contributed by atoms with E-state index < -0.39 is 6.10 Å². The molecule has 0 saturated heterocycles. The van der Waals surface area contributed by atoms with Crippen LogP contribution in [-0.4, -0.2) is 37.2 Å². The largest absolute Gasteiger partial charge is 0.462 e. The molecule has 0 spiro atoms. The third kappa shape index (κ3) is 52.1. The lowest BCUT2D eigenvalue weighted by Gasteiger charge is -2.18. The normalized spacial score (nSPS) is 12.5. The summed E-state index contributed by atoms with van der Waals surface area (Å²) >= 11 is 0. The van der Waals surface area contributed by atoms with E-state index >= 15 is 0 Å². The summed E-state index contributed by atoms with van der Waals surface area (Å²) in [5, 5.41) is 0. The van der Waals surface area contributed by atoms with Gasteiger partial charge in [-0.1, -0.05) is 242 Å². The Bertz CT molecular complexity index is 1200. The first-order valence-electron chi connectivity index (χ1n) is 28.3. The van der Waals surface area contributed by atoms with Gasteiger partial charge in [0.05, 0.1) is 0 Å². The van der Waals surface area contributed by atoms with Crippen molar-refractivity contribution < 1.29 is 28.6 Å². The summed E-state index contributed by atoms with van der Waals surface area (Å²) in [4.78, 5) is 38.1. The SMILES string of the molecule is CC/C=C\C/C=C\C/C=C\CCCCCCCC(=O)O[C@@H](COC(=O)CCCCCCCCCCC/C=C\C/C=C\CCCCC)COC(=O)CCCCCCCCCCCCCCCC. The van der Waals surface area contributed by atoms with Crippen molar-refractivity contribution in [2.45, 2.75) is 290 Å². The van der Waals surface area contributed by atoms with Gasteiger partial charge in [0.1, 0.15) is 13.2 Å². The van der Waals surface area contributed by atoms with Crippen LogP contribution >= 0.6 is 0 Å². The van der Waals surface area contributed by atoms with E-state index in [1.807, 2.05) is 0 Å². The Morgan fingerprint density at radius 2 is 0.591 bits per heavy atom. The zero-order chi connectivity index (χ0) is 47.9. The van der Waals surface area contributed by atoms with Gasteiger partial charge < -0.3 is 14.2 Å². The molecule has 0 radical (unpaired) electrons. The zero-order valence-corrected chi connectivity index (χ0v) is 43.7. The smallest absolute Gasteiger partial charge is 0.306 e. The minimum absolute atomic E-state index is 0.0801.